The molecule has 2 rings (SSSR count). The van der Waals surface area contributed by atoms with Gasteiger partial charge in [0.05, 0.1) is 0 Å². The van der Waals surface area contributed by atoms with E-state index in [-0.39, 0.29) is 0 Å². The van der Waals surface area contributed by atoms with Gasteiger partial charge < -0.3 is 5.11 Å². The highest BCUT2D eigenvalue weighted by Crippen LogP contribution is 2.24. The van der Waals surface area contributed by atoms with Crippen molar-refractivity contribution in [2.75, 3.05) is 0 Å². The Morgan fingerprint density at radius 2 is 1.53 bits per heavy atom. The van der Waals surface area contributed by atoms with Crippen LogP contribution in [0.25, 0.3) is 12.2 Å². The van der Waals surface area contributed by atoms with Crippen molar-refractivity contribution in [1.29, 1.82) is 0 Å². The Balaban J connectivity index is 2.31. The second kappa shape index (κ2) is 4.88. The first kappa shape index (κ1) is 11.5. The maximum absolute atomic E-state index is 9.59. The average molecular weight is 224 g/mol. The molecule has 1 nitrogen and oxygen atoms in total. The van der Waals surface area contributed by atoms with Crippen molar-refractivity contribution in [1.82, 2.24) is 0 Å². The van der Waals surface area contributed by atoms with Crippen LogP contribution in [-0.2, 0) is 0 Å². The standard InChI is InChI=1S/C16H16O/c1-12-13(2)16(17)11-10-15(12)9-8-14-6-4-3-5-7-14/h3-11,17H,1-2H3/b9-8+. The van der Waals surface area contributed by atoms with Crippen LogP contribution < -0.4 is 0 Å². The fourth-order valence-electron chi connectivity index (χ4n) is 1.76. The first-order chi connectivity index (χ1) is 8.18. The molecule has 0 aliphatic heterocycles. The van der Waals surface area contributed by atoms with Gasteiger partial charge in [0.1, 0.15) is 5.75 Å². The number of phenolic OH excluding ortho intramolecular Hbond substituents is 1. The van der Waals surface area contributed by atoms with E-state index < -0.39 is 0 Å². The van der Waals surface area contributed by atoms with Gasteiger partial charge in [0.25, 0.3) is 0 Å². The third kappa shape index (κ3) is 2.56. The van der Waals surface area contributed by atoms with Gasteiger partial charge in [0, 0.05) is 0 Å². The summed E-state index contributed by atoms with van der Waals surface area (Å²) in [5, 5.41) is 9.59. The second-order valence-corrected chi connectivity index (χ2v) is 4.17. The molecule has 0 aromatic heterocycles. The van der Waals surface area contributed by atoms with Crippen LogP contribution >= 0.6 is 0 Å². The molecule has 0 heterocycles. The molecule has 0 atom stereocenters. The molecule has 86 valence electrons. The zero-order chi connectivity index (χ0) is 12.3. The largest absolute Gasteiger partial charge is 0.508 e. The van der Waals surface area contributed by atoms with E-state index >= 15 is 0 Å². The van der Waals surface area contributed by atoms with Gasteiger partial charge in [-0.25, -0.2) is 0 Å². The zero-order valence-corrected chi connectivity index (χ0v) is 10.1. The molecule has 1 heteroatoms. The van der Waals surface area contributed by atoms with Crippen LogP contribution in [-0.4, -0.2) is 5.11 Å². The molecule has 0 bridgehead atoms. The van der Waals surface area contributed by atoms with Gasteiger partial charge in [0.2, 0.25) is 0 Å². The molecule has 1 N–H and O–H groups in total. The number of aromatic hydroxyl groups is 1. The first-order valence-corrected chi connectivity index (χ1v) is 5.71. The summed E-state index contributed by atoms with van der Waals surface area (Å²) in [6, 6.07) is 13.9. The molecule has 0 saturated heterocycles. The van der Waals surface area contributed by atoms with Gasteiger partial charge in [-0.3, -0.25) is 0 Å². The second-order valence-electron chi connectivity index (χ2n) is 4.17. The first-order valence-electron chi connectivity index (χ1n) is 5.71. The van der Waals surface area contributed by atoms with E-state index in [1.165, 1.54) is 5.56 Å². The molecule has 0 saturated carbocycles. The average Bonchev–Trinajstić information content (AvgIpc) is 2.36. The summed E-state index contributed by atoms with van der Waals surface area (Å²) in [6.07, 6.45) is 4.16. The summed E-state index contributed by atoms with van der Waals surface area (Å²) in [6.45, 7) is 3.96. The zero-order valence-electron chi connectivity index (χ0n) is 10.1. The Labute approximate surface area is 102 Å². The number of benzene rings is 2. The summed E-state index contributed by atoms with van der Waals surface area (Å²) in [5.41, 5.74) is 4.39. The van der Waals surface area contributed by atoms with Crippen molar-refractivity contribution in [2.45, 2.75) is 13.8 Å². The van der Waals surface area contributed by atoms with Crippen molar-refractivity contribution in [3.05, 3.63) is 64.7 Å². The van der Waals surface area contributed by atoms with Crippen molar-refractivity contribution in [3.8, 4) is 5.75 Å². The molecule has 17 heavy (non-hydrogen) atoms. The van der Waals surface area contributed by atoms with Crippen molar-refractivity contribution >= 4 is 12.2 Å². The van der Waals surface area contributed by atoms with E-state index in [0.717, 1.165) is 16.7 Å². The minimum absolute atomic E-state index is 0.361. The van der Waals surface area contributed by atoms with Crippen LogP contribution in [0.15, 0.2) is 42.5 Å². The Morgan fingerprint density at radius 3 is 2.24 bits per heavy atom. The summed E-state index contributed by atoms with van der Waals surface area (Å²) >= 11 is 0. The monoisotopic (exact) mass is 224 g/mol. The van der Waals surface area contributed by atoms with Gasteiger partial charge in [-0.05, 0) is 42.2 Å². The SMILES string of the molecule is Cc1c(O)ccc(/C=C/c2ccccc2)c1C. The molecule has 0 amide bonds. The Hall–Kier alpha value is -2.02. The predicted octanol–water partition coefficient (Wildman–Crippen LogP) is 4.18. The van der Waals surface area contributed by atoms with Gasteiger partial charge in [0.15, 0.2) is 0 Å². The fourth-order valence-corrected chi connectivity index (χ4v) is 1.76. The lowest BCUT2D eigenvalue weighted by Crippen LogP contribution is -1.86. The minimum atomic E-state index is 0.361. The molecular formula is C16H16O. The summed E-state index contributed by atoms with van der Waals surface area (Å²) in [4.78, 5) is 0. The van der Waals surface area contributed by atoms with Crippen molar-refractivity contribution < 1.29 is 5.11 Å². The number of phenols is 1. The van der Waals surface area contributed by atoms with E-state index in [1.54, 1.807) is 6.07 Å². The predicted molar refractivity (Wildman–Crippen MR) is 73.0 cm³/mol. The summed E-state index contributed by atoms with van der Waals surface area (Å²) in [5.74, 6) is 0.361. The van der Waals surface area contributed by atoms with E-state index in [4.69, 9.17) is 0 Å². The third-order valence-corrected chi connectivity index (χ3v) is 3.06. The maximum atomic E-state index is 9.59. The van der Waals surface area contributed by atoms with Gasteiger partial charge in [-0.2, -0.15) is 0 Å². The molecule has 2 aromatic carbocycles. The normalized spacial score (nSPS) is 10.9. The van der Waals surface area contributed by atoms with Crippen LogP contribution in [0, 0.1) is 13.8 Å². The summed E-state index contributed by atoms with van der Waals surface area (Å²) < 4.78 is 0. The molecule has 0 aliphatic rings. The molecular weight excluding hydrogens is 208 g/mol. The Kier molecular flexibility index (Phi) is 3.29. The van der Waals surface area contributed by atoms with Crippen LogP contribution in [0.3, 0.4) is 0 Å². The highest BCUT2D eigenvalue weighted by atomic mass is 16.3. The minimum Gasteiger partial charge on any atom is -0.508 e. The molecule has 0 aliphatic carbocycles. The van der Waals surface area contributed by atoms with Crippen LogP contribution in [0.2, 0.25) is 0 Å². The van der Waals surface area contributed by atoms with E-state index in [0.29, 0.717) is 5.75 Å². The van der Waals surface area contributed by atoms with E-state index in [9.17, 15) is 5.11 Å². The lowest BCUT2D eigenvalue weighted by molar-refractivity contribution is 0.470. The Bertz CT molecular complexity index is 539. The quantitative estimate of drug-likeness (QED) is 0.759. The molecule has 2 aromatic rings. The Morgan fingerprint density at radius 1 is 0.824 bits per heavy atom. The highest BCUT2D eigenvalue weighted by Gasteiger charge is 2.02. The third-order valence-electron chi connectivity index (χ3n) is 3.06. The van der Waals surface area contributed by atoms with Crippen molar-refractivity contribution in [2.24, 2.45) is 0 Å². The topological polar surface area (TPSA) is 20.2 Å². The van der Waals surface area contributed by atoms with Crippen LogP contribution in [0.1, 0.15) is 22.3 Å². The van der Waals surface area contributed by atoms with Gasteiger partial charge in [-0.1, -0.05) is 48.6 Å². The lowest BCUT2D eigenvalue weighted by atomic mass is 10.0. The van der Waals surface area contributed by atoms with Gasteiger partial charge >= 0.3 is 0 Å². The molecule has 0 unspecified atom stereocenters. The fraction of sp³-hybridized carbons (Fsp3) is 0.125. The number of hydrogen-bond acceptors (Lipinski definition) is 1. The smallest absolute Gasteiger partial charge is 0.118 e. The molecule has 0 fully saturated rings. The van der Waals surface area contributed by atoms with Crippen molar-refractivity contribution in [3.63, 3.8) is 0 Å². The lowest BCUT2D eigenvalue weighted by Gasteiger charge is -2.06. The molecule has 0 spiro atoms. The van der Waals surface area contributed by atoms with Crippen LogP contribution in [0.4, 0.5) is 0 Å². The molecule has 0 radical (unpaired) electrons. The maximum Gasteiger partial charge on any atom is 0.118 e. The van der Waals surface area contributed by atoms with E-state index in [2.05, 4.69) is 24.3 Å². The van der Waals surface area contributed by atoms with E-state index in [1.807, 2.05) is 38.1 Å². The number of hydrogen-bond donors (Lipinski definition) is 1. The van der Waals surface area contributed by atoms with Crippen LogP contribution in [0.5, 0.6) is 5.75 Å². The summed E-state index contributed by atoms with van der Waals surface area (Å²) in [7, 11) is 0. The number of rotatable bonds is 2. The highest BCUT2D eigenvalue weighted by molar-refractivity contribution is 5.72. The van der Waals surface area contributed by atoms with Gasteiger partial charge in [-0.15, -0.1) is 0 Å².